The number of halogens is 1. The summed E-state index contributed by atoms with van der Waals surface area (Å²) >= 11 is 1.37. The molecule has 1 unspecified atom stereocenters. The molecule has 2 N–H and O–H groups in total. The van der Waals surface area contributed by atoms with Gasteiger partial charge in [-0.3, -0.25) is 9.59 Å². The molecule has 19 heavy (non-hydrogen) atoms. The first-order valence-corrected chi connectivity index (χ1v) is 7.08. The minimum atomic E-state index is -0.576. The quantitative estimate of drug-likeness (QED) is 0.901. The smallest absolute Gasteiger partial charge is 0.250 e. The summed E-state index contributed by atoms with van der Waals surface area (Å²) < 4.78 is 13.4. The largest absolute Gasteiger partial charge is 0.367 e. The van der Waals surface area contributed by atoms with Crippen molar-refractivity contribution in [3.8, 4) is 0 Å². The Labute approximate surface area is 115 Å². The molecule has 0 aliphatic carbocycles. The molecule has 1 atom stereocenters. The van der Waals surface area contributed by atoms with Gasteiger partial charge in [0.25, 0.3) is 5.91 Å². The van der Waals surface area contributed by atoms with Crippen molar-refractivity contribution in [2.24, 2.45) is 5.73 Å². The molecule has 2 rings (SSSR count). The fourth-order valence-electron chi connectivity index (χ4n) is 2.05. The number of aryl methyl sites for hydroxylation is 1. The maximum Gasteiger partial charge on any atom is 0.250 e. The average Bonchev–Trinajstić information content (AvgIpc) is 2.87. The molecule has 6 heteroatoms. The zero-order valence-electron chi connectivity index (χ0n) is 10.3. The maximum atomic E-state index is 13.4. The highest BCUT2D eigenvalue weighted by molar-refractivity contribution is 8.00. The van der Waals surface area contributed by atoms with Crippen molar-refractivity contribution in [2.45, 2.75) is 18.2 Å². The first-order valence-electron chi connectivity index (χ1n) is 6.03. The van der Waals surface area contributed by atoms with Gasteiger partial charge in [-0.15, -0.1) is 11.8 Å². The normalized spacial score (nSPS) is 18.6. The van der Waals surface area contributed by atoms with Gasteiger partial charge in [0.15, 0.2) is 5.37 Å². The topological polar surface area (TPSA) is 63.4 Å². The molecule has 1 fully saturated rings. The van der Waals surface area contributed by atoms with Crippen molar-refractivity contribution in [1.29, 1.82) is 0 Å². The predicted octanol–water partition coefficient (Wildman–Crippen LogP) is 1.15. The van der Waals surface area contributed by atoms with Gasteiger partial charge in [-0.05, 0) is 18.1 Å². The van der Waals surface area contributed by atoms with E-state index in [2.05, 4.69) is 0 Å². The van der Waals surface area contributed by atoms with Gasteiger partial charge < -0.3 is 10.6 Å². The maximum absolute atomic E-state index is 13.4. The highest BCUT2D eigenvalue weighted by Gasteiger charge is 2.32. The van der Waals surface area contributed by atoms with Crippen molar-refractivity contribution in [2.75, 3.05) is 12.3 Å². The number of carbonyl (C=O) groups excluding carboxylic acids is 2. The summed E-state index contributed by atoms with van der Waals surface area (Å²) in [5, 5.41) is -0.576. The summed E-state index contributed by atoms with van der Waals surface area (Å²) in [6, 6.07) is 6.38. The second-order valence-corrected chi connectivity index (χ2v) is 5.49. The number of nitrogens with two attached hydrogens (primary N) is 1. The molecular formula is C13H15FN2O2S. The standard InChI is InChI=1S/C13H15FN2O2S/c14-10-4-2-1-3-9(10)5-6-11(17)16-7-8-19-13(16)12(15)18/h1-4,13H,5-8H2,(H2,15,18). The number of amides is 2. The Bertz CT molecular complexity index is 495. The van der Waals surface area contributed by atoms with Gasteiger partial charge in [-0.1, -0.05) is 18.2 Å². The van der Waals surface area contributed by atoms with Gasteiger partial charge in [0.1, 0.15) is 5.82 Å². The number of carbonyl (C=O) groups is 2. The highest BCUT2D eigenvalue weighted by atomic mass is 32.2. The molecule has 0 spiro atoms. The third kappa shape index (κ3) is 3.26. The summed E-state index contributed by atoms with van der Waals surface area (Å²) in [6.07, 6.45) is 0.517. The molecule has 1 heterocycles. The Balaban J connectivity index is 1.95. The molecule has 1 aromatic rings. The van der Waals surface area contributed by atoms with Gasteiger partial charge in [0.2, 0.25) is 5.91 Å². The van der Waals surface area contributed by atoms with Crippen LogP contribution in [-0.4, -0.2) is 34.4 Å². The SMILES string of the molecule is NC(=O)C1SCCN1C(=O)CCc1ccccc1F. The van der Waals surface area contributed by atoms with Gasteiger partial charge in [0, 0.05) is 18.7 Å². The van der Waals surface area contributed by atoms with E-state index in [1.807, 2.05) is 0 Å². The first-order chi connectivity index (χ1) is 9.09. The molecule has 0 aromatic heterocycles. The Kier molecular flexibility index (Phi) is 4.42. The van der Waals surface area contributed by atoms with E-state index in [0.717, 1.165) is 0 Å². The monoisotopic (exact) mass is 282 g/mol. The van der Waals surface area contributed by atoms with E-state index in [1.165, 1.54) is 22.7 Å². The molecule has 1 aliphatic heterocycles. The lowest BCUT2D eigenvalue weighted by atomic mass is 10.1. The van der Waals surface area contributed by atoms with Crippen LogP contribution in [0, 0.1) is 5.82 Å². The number of thioether (sulfide) groups is 1. The van der Waals surface area contributed by atoms with Crippen molar-refractivity contribution in [3.05, 3.63) is 35.6 Å². The number of benzene rings is 1. The Morgan fingerprint density at radius 1 is 1.42 bits per heavy atom. The van der Waals surface area contributed by atoms with Crippen LogP contribution in [0.4, 0.5) is 4.39 Å². The predicted molar refractivity (Wildman–Crippen MR) is 71.9 cm³/mol. The Morgan fingerprint density at radius 2 is 2.16 bits per heavy atom. The number of hydrogen-bond donors (Lipinski definition) is 1. The molecule has 1 saturated heterocycles. The zero-order chi connectivity index (χ0) is 13.8. The molecule has 0 saturated carbocycles. The van der Waals surface area contributed by atoms with Crippen LogP contribution in [0.2, 0.25) is 0 Å². The van der Waals surface area contributed by atoms with E-state index in [0.29, 0.717) is 24.3 Å². The van der Waals surface area contributed by atoms with E-state index in [9.17, 15) is 14.0 Å². The number of primary amides is 1. The van der Waals surface area contributed by atoms with Crippen molar-refractivity contribution in [1.82, 2.24) is 4.90 Å². The lowest BCUT2D eigenvalue weighted by molar-refractivity contribution is -0.135. The molecular weight excluding hydrogens is 267 g/mol. The minimum Gasteiger partial charge on any atom is -0.367 e. The van der Waals surface area contributed by atoms with Crippen LogP contribution in [0.15, 0.2) is 24.3 Å². The molecule has 1 aromatic carbocycles. The van der Waals surface area contributed by atoms with Gasteiger partial charge >= 0.3 is 0 Å². The van der Waals surface area contributed by atoms with Gasteiger partial charge in [-0.2, -0.15) is 0 Å². The summed E-state index contributed by atoms with van der Waals surface area (Å²) in [5.74, 6) is -0.254. The van der Waals surface area contributed by atoms with Crippen LogP contribution in [0.3, 0.4) is 0 Å². The Morgan fingerprint density at radius 3 is 2.84 bits per heavy atom. The van der Waals surface area contributed by atoms with E-state index in [4.69, 9.17) is 5.73 Å². The average molecular weight is 282 g/mol. The summed E-state index contributed by atoms with van der Waals surface area (Å²) in [4.78, 5) is 24.7. The van der Waals surface area contributed by atoms with Crippen LogP contribution in [0.25, 0.3) is 0 Å². The Hall–Kier alpha value is -1.56. The lowest BCUT2D eigenvalue weighted by Crippen LogP contribution is -2.42. The second kappa shape index (κ2) is 6.06. The molecule has 102 valence electrons. The summed E-state index contributed by atoms with van der Waals surface area (Å²) in [6.45, 7) is 0.522. The van der Waals surface area contributed by atoms with Crippen molar-refractivity contribution < 1.29 is 14.0 Å². The van der Waals surface area contributed by atoms with E-state index in [1.54, 1.807) is 18.2 Å². The summed E-state index contributed by atoms with van der Waals surface area (Å²) in [7, 11) is 0. The number of nitrogens with zero attached hydrogens (tertiary/aromatic N) is 1. The molecule has 0 bridgehead atoms. The molecule has 2 amide bonds. The fraction of sp³-hybridized carbons (Fsp3) is 0.385. The molecule has 4 nitrogen and oxygen atoms in total. The second-order valence-electron chi connectivity index (χ2n) is 4.30. The van der Waals surface area contributed by atoms with Crippen molar-refractivity contribution >= 4 is 23.6 Å². The third-order valence-electron chi connectivity index (χ3n) is 3.02. The zero-order valence-corrected chi connectivity index (χ0v) is 11.2. The summed E-state index contributed by atoms with van der Waals surface area (Å²) in [5.41, 5.74) is 5.76. The van der Waals surface area contributed by atoms with Crippen LogP contribution in [0.1, 0.15) is 12.0 Å². The van der Waals surface area contributed by atoms with Crippen molar-refractivity contribution in [3.63, 3.8) is 0 Å². The first kappa shape index (κ1) is 13.9. The van der Waals surface area contributed by atoms with Gasteiger partial charge in [-0.25, -0.2) is 4.39 Å². The highest BCUT2D eigenvalue weighted by Crippen LogP contribution is 2.24. The van der Waals surface area contributed by atoms with E-state index >= 15 is 0 Å². The van der Waals surface area contributed by atoms with E-state index < -0.39 is 11.3 Å². The molecule has 1 aliphatic rings. The fourth-order valence-corrected chi connectivity index (χ4v) is 3.14. The van der Waals surface area contributed by atoms with Crippen LogP contribution in [-0.2, 0) is 16.0 Å². The minimum absolute atomic E-state index is 0.156. The van der Waals surface area contributed by atoms with Crippen LogP contribution < -0.4 is 5.73 Å². The number of hydrogen-bond acceptors (Lipinski definition) is 3. The third-order valence-corrected chi connectivity index (χ3v) is 4.24. The van der Waals surface area contributed by atoms with Crippen LogP contribution in [0.5, 0.6) is 0 Å². The molecule has 0 radical (unpaired) electrons. The number of rotatable bonds is 4. The van der Waals surface area contributed by atoms with Gasteiger partial charge in [0.05, 0.1) is 0 Å². The van der Waals surface area contributed by atoms with Crippen LogP contribution >= 0.6 is 11.8 Å². The van der Waals surface area contributed by atoms with E-state index in [-0.39, 0.29) is 18.1 Å². The lowest BCUT2D eigenvalue weighted by Gasteiger charge is -2.21.